The van der Waals surface area contributed by atoms with Crippen molar-refractivity contribution in [2.45, 2.75) is 40.2 Å². The van der Waals surface area contributed by atoms with Crippen LogP contribution in [0.1, 0.15) is 44.9 Å². The first-order valence-electron chi connectivity index (χ1n) is 9.36. The van der Waals surface area contributed by atoms with Crippen LogP contribution in [0.4, 0.5) is 4.39 Å². The number of ether oxygens (including phenoxy) is 2. The third-order valence-corrected chi connectivity index (χ3v) is 4.94. The first kappa shape index (κ1) is 21.2. The van der Waals surface area contributed by atoms with Crippen molar-refractivity contribution in [1.29, 1.82) is 0 Å². The lowest BCUT2D eigenvalue weighted by Crippen LogP contribution is -2.22. The molecule has 0 unspecified atom stereocenters. The second-order valence-electron chi connectivity index (χ2n) is 8.01. The summed E-state index contributed by atoms with van der Waals surface area (Å²) in [6.07, 6.45) is 2.60. The lowest BCUT2D eigenvalue weighted by molar-refractivity contribution is 0.0306. The first-order chi connectivity index (χ1) is 12.7. The van der Waals surface area contributed by atoms with E-state index in [1.54, 1.807) is 26.4 Å². The van der Waals surface area contributed by atoms with Gasteiger partial charge in [0.05, 0.1) is 13.2 Å². The molecule has 2 rings (SSSR count). The lowest BCUT2D eigenvalue weighted by Gasteiger charge is -2.32. The molecule has 0 spiro atoms. The molecule has 2 aromatic rings. The van der Waals surface area contributed by atoms with E-state index in [2.05, 4.69) is 46.4 Å². The molecule has 3 heteroatoms. The molecule has 0 aliphatic carbocycles. The van der Waals surface area contributed by atoms with Crippen molar-refractivity contribution in [3.8, 4) is 16.9 Å². The summed E-state index contributed by atoms with van der Waals surface area (Å²) in [5.74, 6) is 0.881. The molecule has 1 atom stereocenters. The Kier molecular flexibility index (Phi) is 6.83. The smallest absolute Gasteiger partial charge is 0.131 e. The van der Waals surface area contributed by atoms with Crippen LogP contribution in [0.3, 0.4) is 0 Å². The predicted molar refractivity (Wildman–Crippen MR) is 111 cm³/mol. The molecule has 0 saturated heterocycles. The number of hydrogen-bond donors (Lipinski definition) is 0. The molecule has 0 fully saturated rings. The Morgan fingerprint density at radius 3 is 2.33 bits per heavy atom. The van der Waals surface area contributed by atoms with E-state index in [1.807, 2.05) is 12.1 Å². The fourth-order valence-electron chi connectivity index (χ4n) is 3.45. The van der Waals surface area contributed by atoms with Gasteiger partial charge in [0.1, 0.15) is 11.6 Å². The van der Waals surface area contributed by atoms with Crippen LogP contribution in [-0.4, -0.2) is 14.2 Å². The highest BCUT2D eigenvalue weighted by atomic mass is 19.1. The van der Waals surface area contributed by atoms with Crippen LogP contribution in [0.2, 0.25) is 0 Å². The second kappa shape index (κ2) is 8.71. The average molecular weight is 371 g/mol. The molecular formula is C24H31FO2. The maximum atomic E-state index is 14.7. The number of halogens is 1. The Bertz CT molecular complexity index is 793. The maximum absolute atomic E-state index is 14.7. The van der Waals surface area contributed by atoms with Crippen molar-refractivity contribution >= 4 is 0 Å². The van der Waals surface area contributed by atoms with Crippen LogP contribution >= 0.6 is 0 Å². The summed E-state index contributed by atoms with van der Waals surface area (Å²) in [5.41, 5.74) is 3.21. The summed E-state index contributed by atoms with van der Waals surface area (Å²) >= 11 is 0. The van der Waals surface area contributed by atoms with Crippen molar-refractivity contribution < 1.29 is 13.9 Å². The van der Waals surface area contributed by atoms with Gasteiger partial charge >= 0.3 is 0 Å². The second-order valence-corrected chi connectivity index (χ2v) is 8.01. The van der Waals surface area contributed by atoms with Gasteiger partial charge in [0.2, 0.25) is 0 Å². The number of benzene rings is 2. The zero-order valence-corrected chi connectivity index (χ0v) is 17.3. The zero-order chi connectivity index (χ0) is 20.2. The van der Waals surface area contributed by atoms with E-state index in [0.717, 1.165) is 17.5 Å². The van der Waals surface area contributed by atoms with Crippen LogP contribution in [0.25, 0.3) is 11.1 Å². The van der Waals surface area contributed by atoms with Crippen LogP contribution in [0.5, 0.6) is 5.75 Å². The topological polar surface area (TPSA) is 18.5 Å². The van der Waals surface area contributed by atoms with E-state index in [9.17, 15) is 4.39 Å². The third-order valence-electron chi connectivity index (χ3n) is 4.94. The van der Waals surface area contributed by atoms with Gasteiger partial charge in [-0.1, -0.05) is 52.0 Å². The number of methoxy groups -OCH3 is 2. The Morgan fingerprint density at radius 1 is 1.07 bits per heavy atom. The zero-order valence-electron chi connectivity index (χ0n) is 17.3. The first-order valence-corrected chi connectivity index (χ1v) is 9.36. The minimum atomic E-state index is -0.310. The van der Waals surface area contributed by atoms with Crippen LogP contribution in [-0.2, 0) is 11.2 Å². The summed E-state index contributed by atoms with van der Waals surface area (Å²) in [6.45, 7) is 12.5. The van der Waals surface area contributed by atoms with Crippen molar-refractivity contribution in [2.24, 2.45) is 11.3 Å². The Hall–Kier alpha value is -2.13. The summed E-state index contributed by atoms with van der Waals surface area (Å²) < 4.78 is 25.9. The summed E-state index contributed by atoms with van der Waals surface area (Å²) in [5, 5.41) is 0. The standard InChI is InChI=1S/C24H31FO2/c1-8-24(4,5)23(27-7)21-14-17(13-16(2)3)9-11-19(21)20-15-18(26-6)10-12-22(20)25/h8-12,14-16,23H,1,13H2,2-7H3/t23-/m0/s1. The quantitative estimate of drug-likeness (QED) is 0.487. The van der Waals surface area contributed by atoms with Gasteiger partial charge in [-0.25, -0.2) is 4.39 Å². The monoisotopic (exact) mass is 370 g/mol. The molecule has 2 aromatic carbocycles. The molecule has 0 aromatic heterocycles. The van der Waals surface area contributed by atoms with Gasteiger partial charge in [-0.15, -0.1) is 6.58 Å². The van der Waals surface area contributed by atoms with E-state index in [4.69, 9.17) is 9.47 Å². The van der Waals surface area contributed by atoms with Crippen LogP contribution < -0.4 is 4.74 Å². The van der Waals surface area contributed by atoms with Gasteiger partial charge in [-0.3, -0.25) is 0 Å². The molecule has 0 N–H and O–H groups in total. The minimum Gasteiger partial charge on any atom is -0.497 e. The van der Waals surface area contributed by atoms with E-state index < -0.39 is 0 Å². The van der Waals surface area contributed by atoms with Crippen LogP contribution in [0.15, 0.2) is 49.1 Å². The van der Waals surface area contributed by atoms with Crippen molar-refractivity contribution in [3.63, 3.8) is 0 Å². The molecule has 0 bridgehead atoms. The minimum absolute atomic E-state index is 0.247. The fourth-order valence-corrected chi connectivity index (χ4v) is 3.45. The molecule has 27 heavy (non-hydrogen) atoms. The largest absolute Gasteiger partial charge is 0.497 e. The molecule has 146 valence electrons. The summed E-state index contributed by atoms with van der Waals surface area (Å²) in [7, 11) is 3.28. The molecule has 0 aliphatic rings. The lowest BCUT2D eigenvalue weighted by atomic mass is 9.79. The highest BCUT2D eigenvalue weighted by molar-refractivity contribution is 5.70. The molecule has 0 heterocycles. The third kappa shape index (κ3) is 4.78. The van der Waals surface area contributed by atoms with Crippen LogP contribution in [0, 0.1) is 17.2 Å². The maximum Gasteiger partial charge on any atom is 0.131 e. The normalized spacial score (nSPS) is 12.9. The Balaban J connectivity index is 2.72. The molecule has 2 nitrogen and oxygen atoms in total. The number of rotatable bonds is 8. The van der Waals surface area contributed by atoms with Gasteiger partial charge in [0, 0.05) is 18.1 Å². The molecular weight excluding hydrogens is 339 g/mol. The highest BCUT2D eigenvalue weighted by Gasteiger charge is 2.31. The van der Waals surface area contributed by atoms with E-state index in [1.165, 1.54) is 11.6 Å². The van der Waals surface area contributed by atoms with Gasteiger partial charge in [0.25, 0.3) is 0 Å². The van der Waals surface area contributed by atoms with Crippen molar-refractivity contribution in [3.05, 3.63) is 66.0 Å². The van der Waals surface area contributed by atoms with Gasteiger partial charge in [0.15, 0.2) is 0 Å². The van der Waals surface area contributed by atoms with E-state index in [0.29, 0.717) is 17.2 Å². The van der Waals surface area contributed by atoms with Gasteiger partial charge in [-0.2, -0.15) is 0 Å². The Labute approximate surface area is 163 Å². The summed E-state index contributed by atoms with van der Waals surface area (Å²) in [6, 6.07) is 11.0. The predicted octanol–water partition coefficient (Wildman–Crippen LogP) is 6.60. The number of hydrogen-bond acceptors (Lipinski definition) is 2. The van der Waals surface area contributed by atoms with Crippen molar-refractivity contribution in [2.75, 3.05) is 14.2 Å². The fraction of sp³-hybridized carbons (Fsp3) is 0.417. The van der Waals surface area contributed by atoms with Gasteiger partial charge < -0.3 is 9.47 Å². The highest BCUT2D eigenvalue weighted by Crippen LogP contribution is 2.43. The van der Waals surface area contributed by atoms with E-state index >= 15 is 0 Å². The molecule has 0 amide bonds. The van der Waals surface area contributed by atoms with Gasteiger partial charge in [-0.05, 0) is 47.2 Å². The average Bonchev–Trinajstić information content (AvgIpc) is 2.62. The summed E-state index contributed by atoms with van der Waals surface area (Å²) in [4.78, 5) is 0. The Morgan fingerprint density at radius 2 is 1.78 bits per heavy atom. The molecule has 0 radical (unpaired) electrons. The SMILES string of the molecule is C=CC(C)(C)[C@@H](OC)c1cc(CC(C)C)ccc1-c1cc(OC)ccc1F. The molecule has 0 aliphatic heterocycles. The van der Waals surface area contributed by atoms with E-state index in [-0.39, 0.29) is 17.3 Å². The molecule has 0 saturated carbocycles. The van der Waals surface area contributed by atoms with Crippen molar-refractivity contribution in [1.82, 2.24) is 0 Å².